The summed E-state index contributed by atoms with van der Waals surface area (Å²) in [5.41, 5.74) is 2.11. The molecule has 0 atom stereocenters. The van der Waals surface area contributed by atoms with Crippen LogP contribution in [0.5, 0.6) is 0 Å². The molecule has 122 valence electrons. The van der Waals surface area contributed by atoms with Gasteiger partial charge in [-0.15, -0.1) is 0 Å². The SMILES string of the molecule is CC.CC.Cc1nc(C2=CCCC=C2)nc(-c2ccccc2)n1. The van der Waals surface area contributed by atoms with Gasteiger partial charge in [-0.1, -0.05) is 76.3 Å². The van der Waals surface area contributed by atoms with Crippen molar-refractivity contribution in [3.63, 3.8) is 0 Å². The van der Waals surface area contributed by atoms with Crippen molar-refractivity contribution in [1.29, 1.82) is 0 Å². The zero-order valence-electron chi connectivity index (χ0n) is 14.9. The molecule has 0 aliphatic heterocycles. The molecule has 0 bridgehead atoms. The van der Waals surface area contributed by atoms with Crippen LogP contribution in [0.2, 0.25) is 0 Å². The molecule has 0 radical (unpaired) electrons. The van der Waals surface area contributed by atoms with E-state index in [1.807, 2.05) is 65.0 Å². The number of benzene rings is 1. The average molecular weight is 309 g/mol. The van der Waals surface area contributed by atoms with Crippen molar-refractivity contribution < 1.29 is 0 Å². The fourth-order valence-electron chi connectivity index (χ4n) is 2.11. The first-order valence-electron chi connectivity index (χ1n) is 8.48. The molecule has 2 aromatic rings. The van der Waals surface area contributed by atoms with E-state index in [9.17, 15) is 0 Å². The van der Waals surface area contributed by atoms with Crippen LogP contribution in [-0.4, -0.2) is 15.0 Å². The summed E-state index contributed by atoms with van der Waals surface area (Å²) in [7, 11) is 0. The lowest BCUT2D eigenvalue weighted by atomic mass is 10.1. The Morgan fingerprint density at radius 2 is 1.43 bits per heavy atom. The average Bonchev–Trinajstić information content (AvgIpc) is 2.66. The van der Waals surface area contributed by atoms with E-state index < -0.39 is 0 Å². The first-order valence-corrected chi connectivity index (χ1v) is 8.48. The van der Waals surface area contributed by atoms with Crippen LogP contribution in [0.4, 0.5) is 0 Å². The van der Waals surface area contributed by atoms with E-state index in [1.54, 1.807) is 0 Å². The highest BCUT2D eigenvalue weighted by Crippen LogP contribution is 2.21. The van der Waals surface area contributed by atoms with Gasteiger partial charge in [0.05, 0.1) is 0 Å². The molecule has 1 aromatic heterocycles. The summed E-state index contributed by atoms with van der Waals surface area (Å²) < 4.78 is 0. The Kier molecular flexibility index (Phi) is 8.51. The lowest BCUT2D eigenvalue weighted by Gasteiger charge is -2.08. The van der Waals surface area contributed by atoms with Gasteiger partial charge < -0.3 is 0 Å². The maximum absolute atomic E-state index is 4.59. The second kappa shape index (κ2) is 10.4. The Balaban J connectivity index is 0.000000615. The second-order valence-corrected chi connectivity index (χ2v) is 4.54. The number of aromatic nitrogens is 3. The smallest absolute Gasteiger partial charge is 0.163 e. The van der Waals surface area contributed by atoms with Crippen LogP contribution in [0.15, 0.2) is 48.6 Å². The number of allylic oxidation sites excluding steroid dienone is 4. The molecule has 3 nitrogen and oxygen atoms in total. The molecule has 0 saturated carbocycles. The largest absolute Gasteiger partial charge is 0.213 e. The summed E-state index contributed by atoms with van der Waals surface area (Å²) >= 11 is 0. The first kappa shape index (κ1) is 18.8. The number of hydrogen-bond acceptors (Lipinski definition) is 3. The van der Waals surface area contributed by atoms with E-state index in [-0.39, 0.29) is 0 Å². The molecule has 0 spiro atoms. The maximum atomic E-state index is 4.59. The molecule has 1 aliphatic rings. The predicted molar refractivity (Wildman–Crippen MR) is 99.0 cm³/mol. The van der Waals surface area contributed by atoms with Crippen LogP contribution in [0.25, 0.3) is 17.0 Å². The van der Waals surface area contributed by atoms with Crippen LogP contribution in [0, 0.1) is 6.92 Å². The van der Waals surface area contributed by atoms with Crippen LogP contribution in [-0.2, 0) is 0 Å². The molecule has 1 heterocycles. The van der Waals surface area contributed by atoms with Crippen molar-refractivity contribution in [3.8, 4) is 11.4 Å². The van der Waals surface area contributed by atoms with Crippen molar-refractivity contribution in [3.05, 3.63) is 60.2 Å². The molecule has 1 aromatic carbocycles. The highest BCUT2D eigenvalue weighted by atomic mass is 15.0. The molecular formula is C20H27N3. The molecule has 0 saturated heterocycles. The minimum absolute atomic E-state index is 0.739. The molecule has 0 amide bonds. The van der Waals surface area contributed by atoms with E-state index in [4.69, 9.17) is 0 Å². The standard InChI is InChI=1S/C16H15N3.2C2H6/c1-12-17-15(13-8-4-2-5-9-13)19-16(18-12)14-10-6-3-7-11-14;2*1-2/h2,4-6,8-11H,3,7H2,1H3;2*1-2H3. The number of aryl methyl sites for hydroxylation is 1. The zero-order chi connectivity index (χ0) is 17.1. The van der Waals surface area contributed by atoms with Gasteiger partial charge in [0.25, 0.3) is 0 Å². The van der Waals surface area contributed by atoms with Gasteiger partial charge in [0, 0.05) is 11.1 Å². The topological polar surface area (TPSA) is 38.7 Å². The van der Waals surface area contributed by atoms with Crippen molar-refractivity contribution in [2.24, 2.45) is 0 Å². The second-order valence-electron chi connectivity index (χ2n) is 4.54. The summed E-state index contributed by atoms with van der Waals surface area (Å²) in [5.74, 6) is 2.26. The van der Waals surface area contributed by atoms with Gasteiger partial charge in [-0.25, -0.2) is 15.0 Å². The third-order valence-corrected chi connectivity index (χ3v) is 3.03. The fourth-order valence-corrected chi connectivity index (χ4v) is 2.11. The molecular weight excluding hydrogens is 282 g/mol. The Morgan fingerprint density at radius 3 is 2.04 bits per heavy atom. The van der Waals surface area contributed by atoms with E-state index in [0.29, 0.717) is 0 Å². The van der Waals surface area contributed by atoms with Gasteiger partial charge in [0.1, 0.15) is 5.82 Å². The summed E-state index contributed by atoms with van der Waals surface area (Å²) in [6.45, 7) is 9.91. The minimum atomic E-state index is 0.739. The summed E-state index contributed by atoms with van der Waals surface area (Å²) in [4.78, 5) is 13.5. The number of nitrogens with zero attached hydrogens (tertiary/aromatic N) is 3. The lowest BCUT2D eigenvalue weighted by molar-refractivity contribution is 0.953. The predicted octanol–water partition coefficient (Wildman–Crippen LogP) is 5.63. The van der Waals surface area contributed by atoms with E-state index in [0.717, 1.165) is 41.5 Å². The normalized spacial score (nSPS) is 12.3. The molecule has 0 fully saturated rings. The highest BCUT2D eigenvalue weighted by molar-refractivity contribution is 5.71. The number of hydrogen-bond donors (Lipinski definition) is 0. The van der Waals surface area contributed by atoms with Crippen molar-refractivity contribution >= 4 is 5.57 Å². The molecule has 3 rings (SSSR count). The van der Waals surface area contributed by atoms with Crippen LogP contribution in [0.3, 0.4) is 0 Å². The van der Waals surface area contributed by atoms with Crippen molar-refractivity contribution in [2.45, 2.75) is 47.5 Å². The molecule has 3 heteroatoms. The van der Waals surface area contributed by atoms with Gasteiger partial charge in [0.2, 0.25) is 0 Å². The zero-order valence-corrected chi connectivity index (χ0v) is 14.9. The Hall–Kier alpha value is -2.29. The molecule has 0 N–H and O–H groups in total. The van der Waals surface area contributed by atoms with E-state index in [2.05, 4.69) is 33.2 Å². The van der Waals surface area contributed by atoms with Crippen molar-refractivity contribution in [2.75, 3.05) is 0 Å². The summed E-state index contributed by atoms with van der Waals surface area (Å²) in [6.07, 6.45) is 8.59. The fraction of sp³-hybridized carbons (Fsp3) is 0.350. The monoisotopic (exact) mass is 309 g/mol. The van der Waals surface area contributed by atoms with E-state index >= 15 is 0 Å². The van der Waals surface area contributed by atoms with Crippen LogP contribution < -0.4 is 0 Å². The molecule has 0 unspecified atom stereocenters. The third-order valence-electron chi connectivity index (χ3n) is 3.03. The van der Waals surface area contributed by atoms with Gasteiger partial charge in [0.15, 0.2) is 11.6 Å². The van der Waals surface area contributed by atoms with Gasteiger partial charge in [-0.05, 0) is 19.8 Å². The van der Waals surface area contributed by atoms with Gasteiger partial charge in [-0.2, -0.15) is 0 Å². The van der Waals surface area contributed by atoms with Gasteiger partial charge >= 0.3 is 0 Å². The van der Waals surface area contributed by atoms with Crippen LogP contribution in [0.1, 0.15) is 52.2 Å². The minimum Gasteiger partial charge on any atom is -0.213 e. The molecule has 23 heavy (non-hydrogen) atoms. The third kappa shape index (κ3) is 5.44. The van der Waals surface area contributed by atoms with Crippen LogP contribution >= 0.6 is 0 Å². The highest BCUT2D eigenvalue weighted by Gasteiger charge is 2.09. The quantitative estimate of drug-likeness (QED) is 0.721. The summed E-state index contributed by atoms with van der Waals surface area (Å²) in [5, 5.41) is 0. The molecule has 1 aliphatic carbocycles. The van der Waals surface area contributed by atoms with Crippen molar-refractivity contribution in [1.82, 2.24) is 15.0 Å². The Labute approximate surface area is 140 Å². The lowest BCUT2D eigenvalue weighted by Crippen LogP contribution is -2.02. The Bertz CT molecular complexity index is 643. The number of rotatable bonds is 2. The van der Waals surface area contributed by atoms with Gasteiger partial charge in [-0.3, -0.25) is 0 Å². The van der Waals surface area contributed by atoms with E-state index in [1.165, 1.54) is 0 Å². The maximum Gasteiger partial charge on any atom is 0.163 e. The summed E-state index contributed by atoms with van der Waals surface area (Å²) in [6, 6.07) is 10.0. The Morgan fingerprint density at radius 1 is 0.783 bits per heavy atom. The first-order chi connectivity index (χ1) is 11.3.